The normalized spacial score (nSPS) is 16.1. The van der Waals surface area contributed by atoms with Crippen LogP contribution in [0.15, 0.2) is 30.3 Å². The molecule has 3 heteroatoms. The van der Waals surface area contributed by atoms with Gasteiger partial charge in [0, 0.05) is 31.8 Å². The molecule has 1 aromatic rings. The number of likely N-dealkylation sites (N-methyl/N-ethyl adjacent to an activating group) is 1. The molecule has 0 amide bonds. The van der Waals surface area contributed by atoms with Gasteiger partial charge in [0.1, 0.15) is 0 Å². The Morgan fingerprint density at radius 1 is 1.20 bits per heavy atom. The molecule has 0 aliphatic carbocycles. The second-order valence-electron chi connectivity index (χ2n) is 5.41. The Morgan fingerprint density at radius 3 is 2.35 bits per heavy atom. The summed E-state index contributed by atoms with van der Waals surface area (Å²) >= 11 is 0. The number of benzene rings is 1. The number of nitrogens with zero attached hydrogens (tertiary/aromatic N) is 1. The van der Waals surface area contributed by atoms with Gasteiger partial charge < -0.3 is 10.1 Å². The van der Waals surface area contributed by atoms with Crippen molar-refractivity contribution in [2.24, 2.45) is 0 Å². The van der Waals surface area contributed by atoms with E-state index in [2.05, 4.69) is 61.3 Å². The van der Waals surface area contributed by atoms with Gasteiger partial charge >= 0.3 is 0 Å². The van der Waals surface area contributed by atoms with Gasteiger partial charge in [-0.1, -0.05) is 37.3 Å². The maximum absolute atomic E-state index is 5.27. The van der Waals surface area contributed by atoms with E-state index in [-0.39, 0.29) is 0 Å². The first-order chi connectivity index (χ1) is 9.65. The summed E-state index contributed by atoms with van der Waals surface area (Å²) in [4.78, 5) is 2.54. The monoisotopic (exact) mass is 278 g/mol. The van der Waals surface area contributed by atoms with Gasteiger partial charge in [-0.3, -0.25) is 4.90 Å². The third-order valence-electron chi connectivity index (χ3n) is 4.19. The van der Waals surface area contributed by atoms with Crippen LogP contribution in [-0.4, -0.2) is 44.3 Å². The first-order valence-electron chi connectivity index (χ1n) is 7.62. The Hall–Kier alpha value is -0.900. The van der Waals surface area contributed by atoms with Crippen molar-refractivity contribution >= 4 is 0 Å². The molecule has 0 aliphatic rings. The molecule has 0 spiro atoms. The third-order valence-corrected chi connectivity index (χ3v) is 4.19. The molecule has 114 valence electrons. The molecule has 3 atom stereocenters. The van der Waals surface area contributed by atoms with E-state index < -0.39 is 0 Å². The SMILES string of the molecule is CCC(C)N(CCOC)C(C)C(NC)c1ccccc1. The van der Waals surface area contributed by atoms with Crippen molar-refractivity contribution in [3.8, 4) is 0 Å². The van der Waals surface area contributed by atoms with Crippen LogP contribution in [0.4, 0.5) is 0 Å². The van der Waals surface area contributed by atoms with Gasteiger partial charge in [-0.2, -0.15) is 0 Å². The van der Waals surface area contributed by atoms with Gasteiger partial charge in [0.05, 0.1) is 6.61 Å². The van der Waals surface area contributed by atoms with E-state index >= 15 is 0 Å². The van der Waals surface area contributed by atoms with E-state index in [4.69, 9.17) is 4.74 Å². The average molecular weight is 278 g/mol. The lowest BCUT2D eigenvalue weighted by Gasteiger charge is -2.38. The molecule has 1 N–H and O–H groups in total. The molecule has 0 heterocycles. The standard InChI is InChI=1S/C17H30N2O/c1-6-14(2)19(12-13-20-5)15(3)17(18-4)16-10-8-7-9-11-16/h7-11,14-15,17-18H,6,12-13H2,1-5H3. The number of hydrogen-bond donors (Lipinski definition) is 1. The smallest absolute Gasteiger partial charge is 0.0589 e. The zero-order valence-electron chi connectivity index (χ0n) is 13.6. The number of hydrogen-bond acceptors (Lipinski definition) is 3. The molecule has 0 radical (unpaired) electrons. The van der Waals surface area contributed by atoms with Crippen LogP contribution in [0.25, 0.3) is 0 Å². The molecule has 0 fully saturated rings. The summed E-state index contributed by atoms with van der Waals surface area (Å²) in [6.07, 6.45) is 1.15. The highest BCUT2D eigenvalue weighted by atomic mass is 16.5. The molecule has 0 aliphatic heterocycles. The molecule has 1 rings (SSSR count). The molecule has 20 heavy (non-hydrogen) atoms. The molecule has 3 nitrogen and oxygen atoms in total. The summed E-state index contributed by atoms with van der Waals surface area (Å²) in [6.45, 7) is 8.59. The predicted octanol–water partition coefficient (Wildman–Crippen LogP) is 3.08. The summed E-state index contributed by atoms with van der Waals surface area (Å²) in [6, 6.07) is 12.0. The molecule has 0 bridgehead atoms. The highest BCUT2D eigenvalue weighted by Gasteiger charge is 2.26. The van der Waals surface area contributed by atoms with E-state index in [0.717, 1.165) is 19.6 Å². The average Bonchev–Trinajstić information content (AvgIpc) is 2.49. The zero-order chi connectivity index (χ0) is 15.0. The van der Waals surface area contributed by atoms with E-state index in [9.17, 15) is 0 Å². The van der Waals surface area contributed by atoms with Gasteiger partial charge in [-0.25, -0.2) is 0 Å². The maximum Gasteiger partial charge on any atom is 0.0589 e. The molecule has 0 aromatic heterocycles. The number of ether oxygens (including phenoxy) is 1. The van der Waals surface area contributed by atoms with Gasteiger partial charge in [0.25, 0.3) is 0 Å². The van der Waals surface area contributed by atoms with Crippen LogP contribution in [-0.2, 0) is 4.74 Å². The van der Waals surface area contributed by atoms with Crippen molar-refractivity contribution in [3.63, 3.8) is 0 Å². The summed E-state index contributed by atoms with van der Waals surface area (Å²) in [7, 11) is 3.81. The predicted molar refractivity (Wildman–Crippen MR) is 86.0 cm³/mol. The summed E-state index contributed by atoms with van der Waals surface area (Å²) in [5.41, 5.74) is 1.34. The molecular weight excluding hydrogens is 248 g/mol. The summed E-state index contributed by atoms with van der Waals surface area (Å²) in [5.74, 6) is 0. The van der Waals surface area contributed by atoms with E-state index in [1.165, 1.54) is 5.56 Å². The van der Waals surface area contributed by atoms with Crippen LogP contribution in [0.2, 0.25) is 0 Å². The van der Waals surface area contributed by atoms with Crippen LogP contribution in [0, 0.1) is 0 Å². The van der Waals surface area contributed by atoms with E-state index in [0.29, 0.717) is 18.1 Å². The van der Waals surface area contributed by atoms with Gasteiger partial charge in [-0.15, -0.1) is 0 Å². The highest BCUT2D eigenvalue weighted by molar-refractivity contribution is 5.20. The Bertz CT molecular complexity index is 355. The second-order valence-corrected chi connectivity index (χ2v) is 5.41. The topological polar surface area (TPSA) is 24.5 Å². The molecule has 0 saturated carbocycles. The van der Waals surface area contributed by atoms with E-state index in [1.54, 1.807) is 7.11 Å². The molecule has 3 unspecified atom stereocenters. The highest BCUT2D eigenvalue weighted by Crippen LogP contribution is 2.22. The van der Waals surface area contributed by atoms with Crippen molar-refractivity contribution in [2.75, 3.05) is 27.3 Å². The lowest BCUT2D eigenvalue weighted by Crippen LogP contribution is -2.47. The molecule has 1 aromatic carbocycles. The minimum atomic E-state index is 0.335. The third kappa shape index (κ3) is 4.58. The fourth-order valence-electron chi connectivity index (χ4n) is 2.79. The minimum Gasteiger partial charge on any atom is -0.383 e. The number of nitrogens with one attached hydrogen (secondary N) is 1. The first-order valence-corrected chi connectivity index (χ1v) is 7.62. The van der Waals surface area contributed by atoms with Gasteiger partial charge in [0.2, 0.25) is 0 Å². The lowest BCUT2D eigenvalue weighted by molar-refractivity contribution is 0.0789. The number of rotatable bonds is 9. The summed E-state index contributed by atoms with van der Waals surface area (Å²) in [5, 5.41) is 3.47. The second kappa shape index (κ2) is 9.11. The Kier molecular flexibility index (Phi) is 7.82. The van der Waals surface area contributed by atoms with Crippen LogP contribution < -0.4 is 5.32 Å². The first kappa shape index (κ1) is 17.2. The van der Waals surface area contributed by atoms with Gasteiger partial charge in [0.15, 0.2) is 0 Å². The van der Waals surface area contributed by atoms with Crippen LogP contribution in [0.1, 0.15) is 38.8 Å². The van der Waals surface area contributed by atoms with Crippen LogP contribution in [0.5, 0.6) is 0 Å². The Morgan fingerprint density at radius 2 is 1.85 bits per heavy atom. The number of methoxy groups -OCH3 is 1. The maximum atomic E-state index is 5.27. The lowest BCUT2D eigenvalue weighted by atomic mass is 9.98. The fourth-order valence-corrected chi connectivity index (χ4v) is 2.79. The Balaban J connectivity index is 2.87. The Labute approximate surface area is 124 Å². The van der Waals surface area contributed by atoms with Crippen LogP contribution >= 0.6 is 0 Å². The summed E-state index contributed by atoms with van der Waals surface area (Å²) < 4.78 is 5.27. The minimum absolute atomic E-state index is 0.335. The van der Waals surface area contributed by atoms with Crippen molar-refractivity contribution < 1.29 is 4.74 Å². The van der Waals surface area contributed by atoms with Gasteiger partial charge in [-0.05, 0) is 32.9 Å². The largest absolute Gasteiger partial charge is 0.383 e. The van der Waals surface area contributed by atoms with Crippen molar-refractivity contribution in [2.45, 2.75) is 45.3 Å². The molecular formula is C17H30N2O. The van der Waals surface area contributed by atoms with Crippen molar-refractivity contribution in [1.29, 1.82) is 0 Å². The van der Waals surface area contributed by atoms with Crippen molar-refractivity contribution in [1.82, 2.24) is 10.2 Å². The van der Waals surface area contributed by atoms with Crippen LogP contribution in [0.3, 0.4) is 0 Å². The van der Waals surface area contributed by atoms with E-state index in [1.807, 2.05) is 7.05 Å². The molecule has 0 saturated heterocycles. The van der Waals surface area contributed by atoms with Crippen molar-refractivity contribution in [3.05, 3.63) is 35.9 Å². The fraction of sp³-hybridized carbons (Fsp3) is 0.647. The quantitative estimate of drug-likeness (QED) is 0.751. The zero-order valence-corrected chi connectivity index (χ0v) is 13.6.